The zero-order chi connectivity index (χ0) is 22.8. The molecule has 0 radical (unpaired) electrons. The number of thiophene rings is 1. The molecule has 1 amide bonds. The minimum absolute atomic E-state index is 0.168. The summed E-state index contributed by atoms with van der Waals surface area (Å²) in [7, 11) is 0. The van der Waals surface area contributed by atoms with Crippen molar-refractivity contribution in [3.05, 3.63) is 88.8 Å². The molecule has 162 valence electrons. The largest absolute Gasteiger partial charge is 0.459 e. The van der Waals surface area contributed by atoms with Gasteiger partial charge in [-0.15, -0.1) is 11.3 Å². The van der Waals surface area contributed by atoms with E-state index in [0.717, 1.165) is 4.70 Å². The van der Waals surface area contributed by atoms with Gasteiger partial charge in [-0.3, -0.25) is 4.79 Å². The van der Waals surface area contributed by atoms with Crippen LogP contribution in [0, 0.1) is 11.6 Å². The van der Waals surface area contributed by atoms with E-state index >= 15 is 0 Å². The second-order valence-electron chi connectivity index (χ2n) is 7.44. The molecule has 0 saturated heterocycles. The third-order valence-corrected chi connectivity index (χ3v) is 5.80. The van der Waals surface area contributed by atoms with Crippen LogP contribution in [0.25, 0.3) is 21.2 Å². The topological polar surface area (TPSA) is 55.4 Å². The number of rotatable bonds is 5. The maximum atomic E-state index is 14.5. The number of anilines is 1. The molecule has 0 aliphatic carbocycles. The first-order chi connectivity index (χ1) is 15.3. The molecule has 0 aliphatic heterocycles. The third-order valence-electron chi connectivity index (χ3n) is 4.72. The highest BCUT2D eigenvalue weighted by Gasteiger charge is 2.18. The maximum absolute atomic E-state index is 14.5. The van der Waals surface area contributed by atoms with Gasteiger partial charge in [0, 0.05) is 15.8 Å². The van der Waals surface area contributed by atoms with Gasteiger partial charge in [-0.05, 0) is 67.4 Å². The Morgan fingerprint density at radius 1 is 0.938 bits per heavy atom. The van der Waals surface area contributed by atoms with E-state index in [2.05, 4.69) is 5.32 Å². The molecule has 0 saturated carbocycles. The zero-order valence-electron chi connectivity index (χ0n) is 17.3. The lowest BCUT2D eigenvalue weighted by Gasteiger charge is -2.10. The average molecular weight is 451 g/mol. The first-order valence-electron chi connectivity index (χ1n) is 9.92. The monoisotopic (exact) mass is 451 g/mol. The van der Waals surface area contributed by atoms with Crippen LogP contribution < -0.4 is 5.32 Å². The van der Waals surface area contributed by atoms with Crippen molar-refractivity contribution < 1.29 is 23.1 Å². The summed E-state index contributed by atoms with van der Waals surface area (Å²) in [5, 5.41) is 3.38. The van der Waals surface area contributed by atoms with Gasteiger partial charge in [-0.1, -0.05) is 24.3 Å². The van der Waals surface area contributed by atoms with Crippen LogP contribution in [-0.2, 0) is 4.74 Å². The average Bonchev–Trinajstić information content (AvgIpc) is 3.19. The molecule has 4 nitrogen and oxygen atoms in total. The second-order valence-corrected chi connectivity index (χ2v) is 8.52. The van der Waals surface area contributed by atoms with Gasteiger partial charge in [0.05, 0.1) is 11.7 Å². The molecular weight excluding hydrogens is 432 g/mol. The maximum Gasteiger partial charge on any atom is 0.348 e. The lowest BCUT2D eigenvalue weighted by Crippen LogP contribution is -2.14. The van der Waals surface area contributed by atoms with Crippen LogP contribution in [0.5, 0.6) is 0 Å². The van der Waals surface area contributed by atoms with Gasteiger partial charge in [0.25, 0.3) is 5.91 Å². The van der Waals surface area contributed by atoms with Gasteiger partial charge in [0.15, 0.2) is 0 Å². The molecule has 1 N–H and O–H groups in total. The summed E-state index contributed by atoms with van der Waals surface area (Å²) in [5.74, 6) is -2.20. The second kappa shape index (κ2) is 8.88. The van der Waals surface area contributed by atoms with E-state index in [1.54, 1.807) is 44.2 Å². The lowest BCUT2D eigenvalue weighted by atomic mass is 10.0. The zero-order valence-corrected chi connectivity index (χ0v) is 18.1. The normalized spacial score (nSPS) is 11.0. The fraction of sp³-hybridized carbons (Fsp3) is 0.120. The fourth-order valence-electron chi connectivity index (χ4n) is 3.28. The quantitative estimate of drug-likeness (QED) is 0.345. The van der Waals surface area contributed by atoms with E-state index in [0.29, 0.717) is 27.1 Å². The number of hydrogen-bond acceptors (Lipinski definition) is 4. The van der Waals surface area contributed by atoms with Crippen molar-refractivity contribution in [2.75, 3.05) is 5.32 Å². The van der Waals surface area contributed by atoms with Crippen LogP contribution in [0.15, 0.2) is 66.7 Å². The first-order valence-corrected chi connectivity index (χ1v) is 10.7. The Morgan fingerprint density at radius 3 is 2.44 bits per heavy atom. The number of ether oxygens (including phenoxy) is 1. The Labute approximate surface area is 187 Å². The number of amides is 1. The highest BCUT2D eigenvalue weighted by molar-refractivity contribution is 7.20. The molecule has 0 bridgehead atoms. The van der Waals surface area contributed by atoms with E-state index in [4.69, 9.17) is 4.74 Å². The molecule has 3 aromatic carbocycles. The van der Waals surface area contributed by atoms with E-state index in [1.807, 2.05) is 6.07 Å². The molecule has 32 heavy (non-hydrogen) atoms. The fourth-order valence-corrected chi connectivity index (χ4v) is 4.25. The number of benzene rings is 3. The minimum atomic E-state index is -0.693. The van der Waals surface area contributed by atoms with Crippen LogP contribution in [0.3, 0.4) is 0 Å². The number of nitrogens with one attached hydrogen (secondary N) is 1. The molecule has 0 spiro atoms. The first kappa shape index (κ1) is 21.6. The minimum Gasteiger partial charge on any atom is -0.459 e. The molecule has 0 unspecified atom stereocenters. The van der Waals surface area contributed by atoms with Crippen LogP contribution in [-0.4, -0.2) is 18.0 Å². The Balaban J connectivity index is 1.65. The van der Waals surface area contributed by atoms with Crippen molar-refractivity contribution in [1.82, 2.24) is 0 Å². The summed E-state index contributed by atoms with van der Waals surface area (Å²) in [4.78, 5) is 25.6. The smallest absolute Gasteiger partial charge is 0.348 e. The van der Waals surface area contributed by atoms with Gasteiger partial charge in [-0.2, -0.15) is 0 Å². The molecule has 0 aliphatic rings. The summed E-state index contributed by atoms with van der Waals surface area (Å²) in [5.41, 5.74) is 1.33. The number of fused-ring (bicyclic) bond motifs is 1. The summed E-state index contributed by atoms with van der Waals surface area (Å²) < 4.78 is 34.1. The van der Waals surface area contributed by atoms with Crippen LogP contribution in [0.4, 0.5) is 14.5 Å². The highest BCUT2D eigenvalue weighted by Crippen LogP contribution is 2.32. The predicted molar refractivity (Wildman–Crippen MR) is 122 cm³/mol. The van der Waals surface area contributed by atoms with E-state index in [9.17, 15) is 18.4 Å². The Morgan fingerprint density at radius 2 is 1.69 bits per heavy atom. The molecule has 0 atom stereocenters. The number of carbonyl (C=O) groups is 2. The standard InChI is InChI=1S/C25H19F2NO3S/c1-14(2)31-25(30)23-13-19-21(7-4-8-22(19)32-23)28-24(29)18-12-16(9-10-20(18)27)15-5-3-6-17(26)11-15/h3-14H,1-2H3,(H,28,29). The molecule has 4 aromatic rings. The van der Waals surface area contributed by atoms with Crippen molar-refractivity contribution in [1.29, 1.82) is 0 Å². The van der Waals surface area contributed by atoms with E-state index in [-0.39, 0.29) is 11.7 Å². The number of halogens is 2. The molecule has 1 aromatic heterocycles. The lowest BCUT2D eigenvalue weighted by molar-refractivity contribution is 0.0384. The van der Waals surface area contributed by atoms with Crippen LogP contribution >= 0.6 is 11.3 Å². The number of hydrogen-bond donors (Lipinski definition) is 1. The summed E-state index contributed by atoms with van der Waals surface area (Å²) in [6.07, 6.45) is -0.250. The number of carbonyl (C=O) groups excluding carboxylic acids is 2. The van der Waals surface area contributed by atoms with Crippen molar-refractivity contribution in [2.45, 2.75) is 20.0 Å². The van der Waals surface area contributed by atoms with E-state index < -0.39 is 23.5 Å². The SMILES string of the molecule is CC(C)OC(=O)c1cc2c(NC(=O)c3cc(-c4cccc(F)c4)ccc3F)cccc2s1. The molecule has 4 rings (SSSR count). The van der Waals surface area contributed by atoms with Gasteiger partial charge >= 0.3 is 5.97 Å². The summed E-state index contributed by atoms with van der Waals surface area (Å²) in [6.45, 7) is 3.53. The van der Waals surface area contributed by atoms with Crippen molar-refractivity contribution in [2.24, 2.45) is 0 Å². The molecular formula is C25H19F2NO3S. The van der Waals surface area contributed by atoms with Crippen molar-refractivity contribution in [3.63, 3.8) is 0 Å². The molecule has 1 heterocycles. The summed E-state index contributed by atoms with van der Waals surface area (Å²) in [6, 6.07) is 16.8. The van der Waals surface area contributed by atoms with Gasteiger partial charge < -0.3 is 10.1 Å². The molecule has 7 heteroatoms. The van der Waals surface area contributed by atoms with Crippen LogP contribution in [0.1, 0.15) is 33.9 Å². The van der Waals surface area contributed by atoms with Crippen molar-refractivity contribution >= 4 is 39.0 Å². The Hall–Kier alpha value is -3.58. The highest BCUT2D eigenvalue weighted by atomic mass is 32.1. The Kier molecular flexibility index (Phi) is 6.01. The van der Waals surface area contributed by atoms with Gasteiger partial charge in [-0.25, -0.2) is 13.6 Å². The summed E-state index contributed by atoms with van der Waals surface area (Å²) >= 11 is 1.25. The Bertz CT molecular complexity index is 1330. The van der Waals surface area contributed by atoms with Crippen LogP contribution in [0.2, 0.25) is 0 Å². The number of esters is 1. The van der Waals surface area contributed by atoms with Gasteiger partial charge in [0.2, 0.25) is 0 Å². The van der Waals surface area contributed by atoms with Crippen molar-refractivity contribution in [3.8, 4) is 11.1 Å². The third kappa shape index (κ3) is 4.53. The van der Waals surface area contributed by atoms with Gasteiger partial charge in [0.1, 0.15) is 16.5 Å². The van der Waals surface area contributed by atoms with E-state index in [1.165, 1.54) is 41.7 Å². The molecule has 0 fully saturated rings. The predicted octanol–water partition coefficient (Wildman–Crippen LogP) is 6.66.